The molecule has 1 fully saturated rings. The van der Waals surface area contributed by atoms with Crippen molar-refractivity contribution in [3.05, 3.63) is 58.1 Å². The van der Waals surface area contributed by atoms with Gasteiger partial charge in [-0.05, 0) is 17.0 Å². The Labute approximate surface area is 358 Å². The summed E-state index contributed by atoms with van der Waals surface area (Å²) in [7, 11) is -19.3. The lowest BCUT2D eigenvalue weighted by molar-refractivity contribution is -0.700. The van der Waals surface area contributed by atoms with Crippen LogP contribution in [-0.4, -0.2) is 105 Å². The van der Waals surface area contributed by atoms with Crippen molar-refractivity contribution in [3.63, 3.8) is 0 Å². The minimum Gasteiger partial charge on any atom is -0.409 e. The Bertz CT molecular complexity index is 1930. The number of phosphoric ester groups is 4. The highest BCUT2D eigenvalue weighted by Gasteiger charge is 2.46. The Morgan fingerprint density at radius 1 is 0.844 bits per heavy atom. The second kappa shape index (κ2) is 30.3. The summed E-state index contributed by atoms with van der Waals surface area (Å²) in [5.74, 6) is 2.28. The van der Waals surface area contributed by atoms with Crippen molar-refractivity contribution in [2.45, 2.75) is 51.0 Å². The van der Waals surface area contributed by atoms with Crippen LogP contribution in [0, 0.1) is 12.3 Å². The first kappa shape index (κ1) is 57.1. The second-order valence-electron chi connectivity index (χ2n) is 10.8. The van der Waals surface area contributed by atoms with E-state index in [1.54, 1.807) is 0 Å². The molecular weight excluding hydrogens is 974 g/mol. The molecule has 1 saturated heterocycles. The zero-order chi connectivity index (χ0) is 47.5. The number of ether oxygens (including phenoxy) is 2. The lowest BCUT2D eigenvalue weighted by atomic mass is 10.2. The maximum absolute atomic E-state index is 13.0. The average molecular weight is 1020 g/mol. The van der Waals surface area contributed by atoms with Gasteiger partial charge in [0.25, 0.3) is 5.56 Å². The number of aromatic nitrogens is 2. The van der Waals surface area contributed by atoms with E-state index in [-0.39, 0.29) is 32.9 Å². The van der Waals surface area contributed by atoms with E-state index >= 15 is 0 Å². The predicted octanol–water partition coefficient (Wildman–Crippen LogP) is -0.0767. The van der Waals surface area contributed by atoms with E-state index in [1.165, 1.54) is 6.92 Å². The van der Waals surface area contributed by atoms with Crippen LogP contribution in [0.4, 0.5) is 0 Å². The molecule has 64 heavy (non-hydrogen) atoms. The minimum atomic E-state index is -5.17. The van der Waals surface area contributed by atoms with Crippen LogP contribution in [0.1, 0.15) is 26.0 Å². The standard InChI is InChI=1S/C26H43N3O31P4/c1-3-5-7-28-23(31)6-8-29(26(28)32)24-17-22(53-62(35,36)46-4-2)25(51-24)54-64(39,40)50-16-12-45-58-60-56-43-10-14-48-61(33,34)47-13-9-42-55-59-57-44-11-15-49-63(37,38)52-21(18-30)19-41-20-27/h1,6,8-9,12-13,16,21-22,24-25,30H,4-5,7,10-11,14-15,17-20,27H2,2H3,(H,33,34)(H,35,36)(H,37,38)(H,39,40)/b13-9-,16-12+. The van der Waals surface area contributed by atoms with Gasteiger partial charge in [0.05, 0.1) is 39.8 Å². The molecule has 1 aromatic rings. The fraction of sp³-hybridized carbons (Fsp3) is 0.615. The Hall–Kier alpha value is -3.04. The van der Waals surface area contributed by atoms with E-state index in [4.69, 9.17) is 35.8 Å². The van der Waals surface area contributed by atoms with Crippen molar-refractivity contribution in [2.75, 3.05) is 53.0 Å². The third-order valence-corrected chi connectivity index (χ3v) is 10.3. The van der Waals surface area contributed by atoms with Crippen molar-refractivity contribution in [1.29, 1.82) is 0 Å². The SMILES string of the molecule is C#CCCn1c(=O)ccn(C2CC(OP(=O)(O)OCC)C(OP(=O)(O)O/C=C/OOOOOCCOP(=O)(O)O/C=C\OOOOOCCOP(=O)(O)OC(CO)COCN)O2)c1=O. The second-order valence-corrected chi connectivity index (χ2v) is 16.4. The zero-order valence-corrected chi connectivity index (χ0v) is 36.3. The fourth-order valence-electron chi connectivity index (χ4n) is 4.02. The maximum atomic E-state index is 13.0. The van der Waals surface area contributed by atoms with Gasteiger partial charge in [-0.15, -0.1) is 12.3 Å². The van der Waals surface area contributed by atoms with Crippen LogP contribution < -0.4 is 17.0 Å². The molecular formula is C26H43N3O31P4. The molecule has 0 radical (unpaired) electrons. The molecule has 34 nitrogen and oxygen atoms in total. The normalized spacial score (nSPS) is 20.8. The van der Waals surface area contributed by atoms with Gasteiger partial charge in [0.1, 0.15) is 44.2 Å². The van der Waals surface area contributed by atoms with Gasteiger partial charge in [-0.2, -0.15) is 0 Å². The summed E-state index contributed by atoms with van der Waals surface area (Å²) in [4.78, 5) is 81.6. The predicted molar refractivity (Wildman–Crippen MR) is 194 cm³/mol. The van der Waals surface area contributed by atoms with E-state index in [9.17, 15) is 47.4 Å². The number of hydrogen-bond donors (Lipinski definition) is 6. The monoisotopic (exact) mass is 1020 g/mol. The molecule has 8 unspecified atom stereocenters. The van der Waals surface area contributed by atoms with Crippen LogP contribution in [0.5, 0.6) is 0 Å². The highest BCUT2D eigenvalue weighted by molar-refractivity contribution is 7.48. The van der Waals surface area contributed by atoms with Crippen LogP contribution in [-0.2, 0) is 120 Å². The largest absolute Gasteiger partial charge is 0.529 e. The summed E-state index contributed by atoms with van der Waals surface area (Å²) in [6.07, 6.45) is 1.61. The van der Waals surface area contributed by atoms with Crippen LogP contribution in [0.2, 0.25) is 0 Å². The highest BCUT2D eigenvalue weighted by Crippen LogP contribution is 2.52. The van der Waals surface area contributed by atoms with Gasteiger partial charge in [0, 0.05) is 51.8 Å². The number of nitrogens with zero attached hydrogens (tertiary/aromatic N) is 2. The smallest absolute Gasteiger partial charge is 0.409 e. The van der Waals surface area contributed by atoms with Crippen LogP contribution >= 0.6 is 31.3 Å². The zero-order valence-electron chi connectivity index (χ0n) is 32.7. The average Bonchev–Trinajstić information content (AvgIpc) is 3.59. The minimum absolute atomic E-state index is 0.0305. The molecule has 8 atom stereocenters. The van der Waals surface area contributed by atoms with Crippen molar-refractivity contribution in [1.82, 2.24) is 9.13 Å². The number of nitrogens with two attached hydrogens (primary N) is 1. The summed E-state index contributed by atoms with van der Waals surface area (Å²) >= 11 is 0. The summed E-state index contributed by atoms with van der Waals surface area (Å²) < 4.78 is 97.7. The summed E-state index contributed by atoms with van der Waals surface area (Å²) in [6, 6.07) is 1.02. The highest BCUT2D eigenvalue weighted by atomic mass is 31.2. The van der Waals surface area contributed by atoms with Gasteiger partial charge in [0.15, 0.2) is 18.8 Å². The van der Waals surface area contributed by atoms with E-state index < -0.39 is 107 Å². The van der Waals surface area contributed by atoms with Gasteiger partial charge in [-0.25, -0.2) is 37.4 Å². The first-order valence-electron chi connectivity index (χ1n) is 17.2. The van der Waals surface area contributed by atoms with Crippen molar-refractivity contribution >= 4 is 31.3 Å². The summed E-state index contributed by atoms with van der Waals surface area (Å²) in [5.41, 5.74) is 3.53. The van der Waals surface area contributed by atoms with E-state index in [1.807, 2.05) is 0 Å². The topological polar surface area (TPSA) is 424 Å². The van der Waals surface area contributed by atoms with Crippen LogP contribution in [0.15, 0.2) is 46.9 Å². The third-order valence-electron chi connectivity index (χ3n) is 6.36. The number of rotatable bonds is 37. The van der Waals surface area contributed by atoms with Crippen molar-refractivity contribution in [3.8, 4) is 12.3 Å². The number of aliphatic hydroxyl groups excluding tert-OH is 1. The Morgan fingerprint density at radius 3 is 2.03 bits per heavy atom. The molecule has 1 aliphatic heterocycles. The first-order chi connectivity index (χ1) is 30.4. The lowest BCUT2D eigenvalue weighted by Gasteiger charge is -2.22. The third kappa shape index (κ3) is 23.9. The summed E-state index contributed by atoms with van der Waals surface area (Å²) in [6.45, 7) is -2.50. The molecule has 7 N–H and O–H groups in total. The quantitative estimate of drug-likeness (QED) is 0.00965. The molecule has 2 heterocycles. The first-order valence-corrected chi connectivity index (χ1v) is 23.2. The lowest BCUT2D eigenvalue weighted by Crippen LogP contribution is -2.40. The van der Waals surface area contributed by atoms with Crippen molar-refractivity contribution in [2.24, 2.45) is 5.73 Å². The molecule has 2 rings (SSSR count). The van der Waals surface area contributed by atoms with Gasteiger partial charge in [-0.1, -0.05) is 0 Å². The van der Waals surface area contributed by atoms with Gasteiger partial charge in [0.2, 0.25) is 0 Å². The summed E-state index contributed by atoms with van der Waals surface area (Å²) in [5, 5.41) is 32.9. The van der Waals surface area contributed by atoms with Crippen LogP contribution in [0.3, 0.4) is 0 Å². The molecule has 0 bridgehead atoms. The van der Waals surface area contributed by atoms with E-state index in [0.29, 0.717) is 25.0 Å². The van der Waals surface area contributed by atoms with Crippen molar-refractivity contribution < 1.29 is 138 Å². The number of phosphoric acid groups is 4. The number of terminal acetylenes is 1. The molecule has 0 amide bonds. The molecule has 0 spiro atoms. The number of aliphatic hydroxyl groups is 1. The Balaban J connectivity index is 1.62. The number of hydrogen-bond acceptors (Lipinski definition) is 28. The van der Waals surface area contributed by atoms with Gasteiger partial charge >= 0.3 is 37.0 Å². The van der Waals surface area contributed by atoms with E-state index in [0.717, 1.165) is 21.4 Å². The van der Waals surface area contributed by atoms with Gasteiger partial charge < -0.3 is 48.9 Å². The molecule has 0 saturated carbocycles. The fourth-order valence-corrected chi connectivity index (χ4v) is 7.08. The molecule has 1 aliphatic rings. The molecule has 38 heteroatoms. The van der Waals surface area contributed by atoms with Gasteiger partial charge in [-0.3, -0.25) is 46.3 Å². The van der Waals surface area contributed by atoms with Crippen LogP contribution in [0.25, 0.3) is 0 Å². The molecule has 0 aromatic carbocycles. The molecule has 1 aromatic heterocycles. The van der Waals surface area contributed by atoms with E-state index in [2.05, 4.69) is 82.8 Å². The molecule has 368 valence electrons. The maximum Gasteiger partial charge on any atom is 0.529 e. The Kier molecular flexibility index (Phi) is 27.0. The Morgan fingerprint density at radius 2 is 1.45 bits per heavy atom. The molecule has 0 aliphatic carbocycles.